The zero-order valence-electron chi connectivity index (χ0n) is 11.8. The van der Waals surface area contributed by atoms with E-state index in [1.54, 1.807) is 19.1 Å². The first-order valence-corrected chi connectivity index (χ1v) is 7.42. The van der Waals surface area contributed by atoms with Gasteiger partial charge in [0, 0.05) is 10.0 Å². The predicted molar refractivity (Wildman–Crippen MR) is 81.9 cm³/mol. The van der Waals surface area contributed by atoms with Crippen molar-refractivity contribution < 1.29 is 13.9 Å². The molecular weight excluding hydrogens is 320 g/mol. The van der Waals surface area contributed by atoms with Gasteiger partial charge >= 0.3 is 5.97 Å². The van der Waals surface area contributed by atoms with Gasteiger partial charge in [0.2, 0.25) is 5.76 Å². The Kier molecular flexibility index (Phi) is 4.65. The summed E-state index contributed by atoms with van der Waals surface area (Å²) in [4.78, 5) is 11.6. The number of rotatable bonds is 4. The van der Waals surface area contributed by atoms with E-state index in [4.69, 9.17) is 9.15 Å². The Morgan fingerprint density at radius 2 is 2.05 bits per heavy atom. The summed E-state index contributed by atoms with van der Waals surface area (Å²) in [6, 6.07) is 7.56. The molecule has 0 aliphatic heterocycles. The molecule has 3 nitrogen and oxygen atoms in total. The second kappa shape index (κ2) is 6.27. The highest BCUT2D eigenvalue weighted by Gasteiger charge is 2.14. The van der Waals surface area contributed by atoms with E-state index in [0.29, 0.717) is 12.4 Å². The lowest BCUT2D eigenvalue weighted by atomic mass is 10.0. The molecule has 0 unspecified atom stereocenters. The molecule has 0 N–H and O–H groups in total. The van der Waals surface area contributed by atoms with Crippen LogP contribution in [0, 0.1) is 6.92 Å². The van der Waals surface area contributed by atoms with Gasteiger partial charge in [0.25, 0.3) is 0 Å². The van der Waals surface area contributed by atoms with Gasteiger partial charge in [0.1, 0.15) is 5.76 Å². The highest BCUT2D eigenvalue weighted by molar-refractivity contribution is 9.10. The van der Waals surface area contributed by atoms with E-state index in [-0.39, 0.29) is 5.76 Å². The molecule has 4 heteroatoms. The molecule has 20 heavy (non-hydrogen) atoms. The minimum Gasteiger partial charge on any atom is -0.460 e. The SMILES string of the molecule is CCOC(=O)c1ccc(-c2cc(C)c(Br)c(CC)c2)o1. The molecule has 2 rings (SSSR count). The molecule has 0 saturated carbocycles. The summed E-state index contributed by atoms with van der Waals surface area (Å²) in [5.41, 5.74) is 3.33. The van der Waals surface area contributed by atoms with Crippen molar-refractivity contribution in [1.29, 1.82) is 0 Å². The highest BCUT2D eigenvalue weighted by atomic mass is 79.9. The average Bonchev–Trinajstić information content (AvgIpc) is 2.91. The van der Waals surface area contributed by atoms with Gasteiger partial charge in [-0.2, -0.15) is 0 Å². The summed E-state index contributed by atoms with van der Waals surface area (Å²) in [5, 5.41) is 0. The second-order valence-corrected chi connectivity index (χ2v) is 5.30. The first-order valence-electron chi connectivity index (χ1n) is 6.63. The maximum atomic E-state index is 11.6. The van der Waals surface area contributed by atoms with Crippen LogP contribution in [0.15, 0.2) is 33.2 Å². The largest absolute Gasteiger partial charge is 0.460 e. The molecule has 1 aromatic carbocycles. The summed E-state index contributed by atoms with van der Waals surface area (Å²) in [7, 11) is 0. The van der Waals surface area contributed by atoms with Crippen molar-refractivity contribution in [3.8, 4) is 11.3 Å². The molecular formula is C16H17BrO3. The van der Waals surface area contributed by atoms with Crippen LogP contribution in [0.25, 0.3) is 11.3 Å². The quantitative estimate of drug-likeness (QED) is 0.756. The number of halogens is 1. The van der Waals surface area contributed by atoms with Crippen LogP contribution >= 0.6 is 15.9 Å². The number of ether oxygens (including phenoxy) is 1. The lowest BCUT2D eigenvalue weighted by Crippen LogP contribution is -2.02. The van der Waals surface area contributed by atoms with Crippen LogP contribution in [-0.4, -0.2) is 12.6 Å². The summed E-state index contributed by atoms with van der Waals surface area (Å²) in [6.07, 6.45) is 0.931. The van der Waals surface area contributed by atoms with Gasteiger partial charge in [0.05, 0.1) is 6.61 Å². The van der Waals surface area contributed by atoms with Crippen molar-refractivity contribution in [3.63, 3.8) is 0 Å². The van der Waals surface area contributed by atoms with Gasteiger partial charge in [-0.1, -0.05) is 22.9 Å². The maximum Gasteiger partial charge on any atom is 0.374 e. The van der Waals surface area contributed by atoms with Gasteiger partial charge in [-0.15, -0.1) is 0 Å². The molecule has 0 spiro atoms. The van der Waals surface area contributed by atoms with E-state index in [9.17, 15) is 4.79 Å². The Bertz CT molecular complexity index is 629. The molecule has 0 radical (unpaired) electrons. The number of hydrogen-bond acceptors (Lipinski definition) is 3. The Morgan fingerprint density at radius 1 is 1.30 bits per heavy atom. The zero-order chi connectivity index (χ0) is 14.7. The molecule has 2 aromatic rings. The molecule has 0 saturated heterocycles. The minimum atomic E-state index is -0.428. The third-order valence-corrected chi connectivity index (χ3v) is 4.21. The molecule has 106 valence electrons. The molecule has 0 fully saturated rings. The highest BCUT2D eigenvalue weighted by Crippen LogP contribution is 2.30. The van der Waals surface area contributed by atoms with Gasteiger partial charge in [-0.25, -0.2) is 4.79 Å². The number of hydrogen-bond donors (Lipinski definition) is 0. The van der Waals surface area contributed by atoms with Crippen molar-refractivity contribution in [3.05, 3.63) is 45.6 Å². The van der Waals surface area contributed by atoms with E-state index in [2.05, 4.69) is 28.9 Å². The number of carbonyl (C=O) groups excluding carboxylic acids is 1. The zero-order valence-corrected chi connectivity index (χ0v) is 13.4. The number of furan rings is 1. The van der Waals surface area contributed by atoms with Gasteiger partial charge < -0.3 is 9.15 Å². The first-order chi connectivity index (χ1) is 9.56. The molecule has 1 aromatic heterocycles. The number of aryl methyl sites for hydroxylation is 2. The summed E-state index contributed by atoms with van der Waals surface area (Å²) < 4.78 is 11.6. The normalized spacial score (nSPS) is 10.6. The Hall–Kier alpha value is -1.55. The van der Waals surface area contributed by atoms with Crippen molar-refractivity contribution >= 4 is 21.9 Å². The van der Waals surface area contributed by atoms with Crippen molar-refractivity contribution in [2.75, 3.05) is 6.61 Å². The smallest absolute Gasteiger partial charge is 0.374 e. The lowest BCUT2D eigenvalue weighted by Gasteiger charge is -2.08. The maximum absolute atomic E-state index is 11.6. The molecule has 0 aliphatic carbocycles. The predicted octanol–water partition coefficient (Wildman–Crippen LogP) is 4.76. The van der Waals surface area contributed by atoms with Crippen LogP contribution in [0.1, 0.15) is 35.5 Å². The number of benzene rings is 1. The van der Waals surface area contributed by atoms with E-state index in [1.165, 1.54) is 5.56 Å². The molecule has 0 aliphatic rings. The Labute approximate surface area is 127 Å². The van der Waals surface area contributed by atoms with E-state index in [0.717, 1.165) is 22.0 Å². The average molecular weight is 337 g/mol. The van der Waals surface area contributed by atoms with Gasteiger partial charge in [-0.05, 0) is 55.7 Å². The van der Waals surface area contributed by atoms with E-state index >= 15 is 0 Å². The van der Waals surface area contributed by atoms with Crippen LogP contribution < -0.4 is 0 Å². The van der Waals surface area contributed by atoms with Crippen LogP contribution in [0.3, 0.4) is 0 Å². The molecule has 1 heterocycles. The third-order valence-electron chi connectivity index (χ3n) is 3.08. The third kappa shape index (κ3) is 2.96. The first kappa shape index (κ1) is 14.9. The second-order valence-electron chi connectivity index (χ2n) is 4.50. The van der Waals surface area contributed by atoms with Crippen LogP contribution in [-0.2, 0) is 11.2 Å². The number of esters is 1. The van der Waals surface area contributed by atoms with E-state index in [1.807, 2.05) is 13.0 Å². The summed E-state index contributed by atoms with van der Waals surface area (Å²) in [5.74, 6) is 0.488. The number of carbonyl (C=O) groups is 1. The summed E-state index contributed by atoms with van der Waals surface area (Å²) in [6.45, 7) is 6.26. The topological polar surface area (TPSA) is 39.4 Å². The van der Waals surface area contributed by atoms with Crippen molar-refractivity contribution in [2.45, 2.75) is 27.2 Å². The standard InChI is InChI=1S/C16H17BrO3/c1-4-11-9-12(8-10(3)15(11)17)13-6-7-14(20-13)16(18)19-5-2/h6-9H,4-5H2,1-3H3. The minimum absolute atomic E-state index is 0.237. The van der Waals surface area contributed by atoms with E-state index < -0.39 is 5.97 Å². The Balaban J connectivity index is 2.37. The lowest BCUT2D eigenvalue weighted by molar-refractivity contribution is 0.0491. The fourth-order valence-electron chi connectivity index (χ4n) is 2.05. The van der Waals surface area contributed by atoms with Crippen molar-refractivity contribution in [2.24, 2.45) is 0 Å². The molecule has 0 bridgehead atoms. The monoisotopic (exact) mass is 336 g/mol. The molecule has 0 amide bonds. The van der Waals surface area contributed by atoms with Crippen LogP contribution in [0.2, 0.25) is 0 Å². The van der Waals surface area contributed by atoms with Crippen molar-refractivity contribution in [1.82, 2.24) is 0 Å². The fourth-order valence-corrected chi connectivity index (χ4v) is 2.56. The fraction of sp³-hybridized carbons (Fsp3) is 0.312. The van der Waals surface area contributed by atoms with Gasteiger partial charge in [0.15, 0.2) is 0 Å². The Morgan fingerprint density at radius 3 is 2.70 bits per heavy atom. The van der Waals surface area contributed by atoms with Crippen LogP contribution in [0.5, 0.6) is 0 Å². The summed E-state index contributed by atoms with van der Waals surface area (Å²) >= 11 is 3.59. The van der Waals surface area contributed by atoms with Crippen LogP contribution in [0.4, 0.5) is 0 Å². The van der Waals surface area contributed by atoms with Gasteiger partial charge in [-0.3, -0.25) is 0 Å². The molecule has 0 atom stereocenters.